The third-order valence-corrected chi connectivity index (χ3v) is 3.72. The monoisotopic (exact) mass is 238 g/mol. The largest absolute Gasteiger partial charge is 0.393 e. The van der Waals surface area contributed by atoms with Gasteiger partial charge in [0.15, 0.2) is 0 Å². The molecule has 2 aliphatic heterocycles. The lowest BCUT2D eigenvalue weighted by Gasteiger charge is -2.45. The van der Waals surface area contributed by atoms with Crippen LogP contribution in [0.25, 0.3) is 0 Å². The summed E-state index contributed by atoms with van der Waals surface area (Å²) in [6.07, 6.45) is 2.59. The van der Waals surface area contributed by atoms with Gasteiger partial charge in [-0.1, -0.05) is 0 Å². The van der Waals surface area contributed by atoms with Crippen LogP contribution < -0.4 is 0 Å². The van der Waals surface area contributed by atoms with E-state index in [9.17, 15) is 9.90 Å². The topological polar surface area (TPSA) is 73.6 Å². The van der Waals surface area contributed by atoms with Crippen LogP contribution in [0.4, 0.5) is 0 Å². The fourth-order valence-electron chi connectivity index (χ4n) is 2.69. The van der Waals surface area contributed by atoms with E-state index in [2.05, 4.69) is 0 Å². The normalized spacial score (nSPS) is 27.8. The van der Waals surface area contributed by atoms with Crippen LogP contribution in [0.15, 0.2) is 0 Å². The van der Waals surface area contributed by atoms with E-state index in [1.165, 1.54) is 0 Å². The Balaban J connectivity index is 1.89. The Kier molecular flexibility index (Phi) is 3.65. The molecule has 2 fully saturated rings. The van der Waals surface area contributed by atoms with Crippen molar-refractivity contribution in [1.29, 1.82) is 5.26 Å². The molecule has 2 aliphatic rings. The summed E-state index contributed by atoms with van der Waals surface area (Å²) in [6, 6.07) is 1.88. The van der Waals surface area contributed by atoms with Gasteiger partial charge in [0.25, 0.3) is 0 Å². The molecular formula is C12H18N2O3. The Hall–Kier alpha value is -1.12. The van der Waals surface area contributed by atoms with Crippen molar-refractivity contribution in [2.75, 3.05) is 19.7 Å². The maximum Gasteiger partial charge on any atom is 0.236 e. The molecular weight excluding hydrogens is 220 g/mol. The number of carbonyl (C=O) groups excluding carboxylic acids is 1. The summed E-state index contributed by atoms with van der Waals surface area (Å²) in [5.74, 6) is -0.0984. The summed E-state index contributed by atoms with van der Waals surface area (Å²) in [4.78, 5) is 13.3. The van der Waals surface area contributed by atoms with Gasteiger partial charge in [0.05, 0.1) is 17.8 Å². The van der Waals surface area contributed by atoms with Crippen LogP contribution >= 0.6 is 0 Å². The van der Waals surface area contributed by atoms with Gasteiger partial charge in [-0.2, -0.15) is 5.26 Å². The minimum absolute atomic E-state index is 0.0452. The number of nitriles is 1. The summed E-state index contributed by atoms with van der Waals surface area (Å²) < 4.78 is 5.80. The number of rotatable bonds is 1. The highest BCUT2D eigenvalue weighted by molar-refractivity contribution is 5.78. The highest BCUT2D eigenvalue weighted by atomic mass is 16.5. The van der Waals surface area contributed by atoms with E-state index in [4.69, 9.17) is 10.00 Å². The first-order valence-electron chi connectivity index (χ1n) is 6.12. The van der Waals surface area contributed by atoms with E-state index < -0.39 is 0 Å². The number of ether oxygens (including phenoxy) is 1. The van der Waals surface area contributed by atoms with E-state index in [-0.39, 0.29) is 24.0 Å². The van der Waals surface area contributed by atoms with Crippen molar-refractivity contribution in [3.05, 3.63) is 0 Å². The van der Waals surface area contributed by atoms with Crippen molar-refractivity contribution < 1.29 is 14.6 Å². The molecule has 1 atom stereocenters. The van der Waals surface area contributed by atoms with Gasteiger partial charge in [0.2, 0.25) is 5.91 Å². The highest BCUT2D eigenvalue weighted by Crippen LogP contribution is 2.35. The lowest BCUT2D eigenvalue weighted by molar-refractivity contribution is -0.153. The van der Waals surface area contributed by atoms with E-state index in [0.29, 0.717) is 32.5 Å². The zero-order chi connectivity index (χ0) is 12.3. The molecule has 0 bridgehead atoms. The number of hydrogen-bond donors (Lipinski definition) is 1. The van der Waals surface area contributed by atoms with Crippen molar-refractivity contribution in [1.82, 2.24) is 4.90 Å². The number of amides is 1. The number of piperidine rings is 1. The number of nitrogens with zero attached hydrogens (tertiary/aromatic N) is 2. The highest BCUT2D eigenvalue weighted by Gasteiger charge is 2.40. The molecule has 5 nitrogen and oxygen atoms in total. The summed E-state index contributed by atoms with van der Waals surface area (Å²) in [5, 5.41) is 18.2. The SMILES string of the molecule is N#CCC(=O)N1CCC2(CC1)C[C@@H](O)CCO2. The molecule has 0 aliphatic carbocycles. The van der Waals surface area contributed by atoms with E-state index in [0.717, 1.165) is 12.8 Å². The molecule has 1 amide bonds. The Morgan fingerprint density at radius 2 is 2.24 bits per heavy atom. The minimum atomic E-state index is -0.273. The van der Waals surface area contributed by atoms with Crippen LogP contribution in [0, 0.1) is 11.3 Å². The van der Waals surface area contributed by atoms with Gasteiger partial charge in [-0.05, 0) is 19.3 Å². The summed E-state index contributed by atoms with van der Waals surface area (Å²) in [7, 11) is 0. The third-order valence-electron chi connectivity index (χ3n) is 3.72. The maximum atomic E-state index is 11.5. The van der Waals surface area contributed by atoms with Crippen LogP contribution in [0.2, 0.25) is 0 Å². The molecule has 2 saturated heterocycles. The van der Waals surface area contributed by atoms with Crippen molar-refractivity contribution in [3.63, 3.8) is 0 Å². The Morgan fingerprint density at radius 1 is 1.53 bits per heavy atom. The van der Waals surface area contributed by atoms with Crippen LogP contribution in [0.1, 0.15) is 32.1 Å². The van der Waals surface area contributed by atoms with Gasteiger partial charge in [-0.15, -0.1) is 0 Å². The lowest BCUT2D eigenvalue weighted by Crippen LogP contribution is -2.51. The predicted molar refractivity (Wildman–Crippen MR) is 60.0 cm³/mol. The number of likely N-dealkylation sites (tertiary alicyclic amines) is 1. The quantitative estimate of drug-likeness (QED) is 0.719. The minimum Gasteiger partial charge on any atom is -0.393 e. The molecule has 0 aromatic carbocycles. The first kappa shape index (κ1) is 12.3. The fraction of sp³-hybridized carbons (Fsp3) is 0.833. The fourth-order valence-corrected chi connectivity index (χ4v) is 2.69. The first-order valence-corrected chi connectivity index (χ1v) is 6.12. The van der Waals surface area contributed by atoms with E-state index in [1.807, 2.05) is 6.07 Å². The predicted octanol–water partition coefficient (Wildman–Crippen LogP) is 0.433. The summed E-state index contributed by atoms with van der Waals surface area (Å²) >= 11 is 0. The van der Waals surface area contributed by atoms with Gasteiger partial charge >= 0.3 is 0 Å². The molecule has 0 aromatic rings. The van der Waals surface area contributed by atoms with Gasteiger partial charge in [-0.3, -0.25) is 4.79 Å². The number of aliphatic hydroxyl groups excluding tert-OH is 1. The second-order valence-electron chi connectivity index (χ2n) is 4.89. The molecule has 0 radical (unpaired) electrons. The standard InChI is InChI=1S/C12H18N2O3/c13-5-1-11(16)14-6-3-12(4-7-14)9-10(15)2-8-17-12/h10,15H,1-4,6-9H2/t10-/m0/s1. The van der Waals surface area contributed by atoms with Gasteiger partial charge in [0, 0.05) is 26.1 Å². The zero-order valence-corrected chi connectivity index (χ0v) is 9.89. The van der Waals surface area contributed by atoms with E-state index >= 15 is 0 Å². The molecule has 1 N–H and O–H groups in total. The summed E-state index contributed by atoms with van der Waals surface area (Å²) in [6.45, 7) is 1.87. The molecule has 1 spiro atoms. The second-order valence-corrected chi connectivity index (χ2v) is 4.89. The van der Waals surface area contributed by atoms with Gasteiger partial charge < -0.3 is 14.7 Å². The van der Waals surface area contributed by atoms with Crippen molar-refractivity contribution >= 4 is 5.91 Å². The molecule has 5 heteroatoms. The van der Waals surface area contributed by atoms with Gasteiger partial charge in [-0.25, -0.2) is 0 Å². The third kappa shape index (κ3) is 2.76. The van der Waals surface area contributed by atoms with Crippen molar-refractivity contribution in [3.8, 4) is 6.07 Å². The van der Waals surface area contributed by atoms with Gasteiger partial charge in [0.1, 0.15) is 6.42 Å². The van der Waals surface area contributed by atoms with E-state index in [1.54, 1.807) is 4.90 Å². The smallest absolute Gasteiger partial charge is 0.236 e. The van der Waals surface area contributed by atoms with Crippen molar-refractivity contribution in [2.24, 2.45) is 0 Å². The maximum absolute atomic E-state index is 11.5. The molecule has 17 heavy (non-hydrogen) atoms. The van der Waals surface area contributed by atoms with Crippen LogP contribution in [-0.2, 0) is 9.53 Å². The number of carbonyl (C=O) groups is 1. The molecule has 2 rings (SSSR count). The van der Waals surface area contributed by atoms with Crippen LogP contribution in [0.3, 0.4) is 0 Å². The van der Waals surface area contributed by atoms with Crippen molar-refractivity contribution in [2.45, 2.75) is 43.8 Å². The average molecular weight is 238 g/mol. The Morgan fingerprint density at radius 3 is 2.82 bits per heavy atom. The molecule has 0 unspecified atom stereocenters. The van der Waals surface area contributed by atoms with Crippen LogP contribution in [-0.4, -0.2) is 47.3 Å². The first-order chi connectivity index (χ1) is 8.15. The Bertz CT molecular complexity index is 329. The molecule has 0 aromatic heterocycles. The lowest BCUT2D eigenvalue weighted by atomic mass is 9.83. The second kappa shape index (κ2) is 5.03. The van der Waals surface area contributed by atoms with Crippen LogP contribution in [0.5, 0.6) is 0 Å². The number of aliphatic hydroxyl groups is 1. The molecule has 2 heterocycles. The molecule has 94 valence electrons. The average Bonchev–Trinajstić information content (AvgIpc) is 2.30. The molecule has 0 saturated carbocycles. The zero-order valence-electron chi connectivity index (χ0n) is 9.89. The summed E-state index contributed by atoms with van der Waals surface area (Å²) in [5.41, 5.74) is -0.235. The number of hydrogen-bond acceptors (Lipinski definition) is 4. The Labute approximate surface area is 101 Å².